The van der Waals surface area contributed by atoms with Crippen LogP contribution in [-0.2, 0) is 16.1 Å². The Morgan fingerprint density at radius 2 is 1.62 bits per heavy atom. The number of aliphatic hydroxyl groups excluding tert-OH is 5. The Morgan fingerprint density at radius 1 is 1.00 bits per heavy atom. The molecule has 0 radical (unpaired) electrons. The van der Waals surface area contributed by atoms with E-state index in [2.05, 4.69) is 15.5 Å². The summed E-state index contributed by atoms with van der Waals surface area (Å²) < 4.78 is 15.6. The third-order valence-electron chi connectivity index (χ3n) is 5.86. The van der Waals surface area contributed by atoms with Gasteiger partial charge in [0.15, 0.2) is 6.61 Å². The highest BCUT2D eigenvalue weighted by Gasteiger charge is 2.29. The molecule has 14 nitrogen and oxygen atoms in total. The van der Waals surface area contributed by atoms with Crippen LogP contribution in [0.2, 0.25) is 0 Å². The third kappa shape index (κ3) is 10.8. The molecule has 1 amide bonds. The number of amides is 1. The molecule has 0 aliphatic rings. The summed E-state index contributed by atoms with van der Waals surface area (Å²) in [6.07, 6.45) is -5.65. The summed E-state index contributed by atoms with van der Waals surface area (Å²) in [5.74, 6) is 1.50. The lowest BCUT2D eigenvalue weighted by molar-refractivity contribution is -0.136. The third-order valence-corrected chi connectivity index (χ3v) is 5.86. The predicted octanol–water partition coefficient (Wildman–Crippen LogP) is -0.270. The van der Waals surface area contributed by atoms with Crippen LogP contribution in [0, 0.1) is 0 Å². The van der Waals surface area contributed by atoms with Crippen LogP contribution >= 0.6 is 0 Å². The minimum Gasteiger partial charge on any atom is -0.484 e. The van der Waals surface area contributed by atoms with Crippen molar-refractivity contribution in [2.45, 2.75) is 50.8 Å². The molecule has 0 saturated carbocycles. The number of carbonyl (C=O) groups excluding carboxylic acids is 2. The zero-order chi connectivity index (χ0) is 31.1. The van der Waals surface area contributed by atoms with Gasteiger partial charge in [0.1, 0.15) is 36.4 Å². The first-order valence-corrected chi connectivity index (χ1v) is 13.1. The molecule has 14 heteroatoms. The van der Waals surface area contributed by atoms with E-state index in [4.69, 9.17) is 34.4 Å². The van der Waals surface area contributed by atoms with Crippen molar-refractivity contribution in [3.8, 4) is 22.9 Å². The SMILES string of the molecule is CC(C)N(Cc1nc(-c2ccccc2)no1)C(=O)COc1ccc(OC=O)cc1.CNC[C@H](O)[C@@H](O)[C@H](O)[C@H](O)CO. The summed E-state index contributed by atoms with van der Waals surface area (Å²) in [4.78, 5) is 29.0. The Hall–Kier alpha value is -3.92. The first kappa shape index (κ1) is 34.3. The van der Waals surface area contributed by atoms with E-state index in [9.17, 15) is 14.7 Å². The summed E-state index contributed by atoms with van der Waals surface area (Å²) in [6, 6.07) is 15.8. The summed E-state index contributed by atoms with van der Waals surface area (Å²) in [5.41, 5.74) is 0.843. The van der Waals surface area contributed by atoms with Crippen LogP contribution in [0.15, 0.2) is 59.1 Å². The molecule has 0 spiro atoms. The van der Waals surface area contributed by atoms with Gasteiger partial charge < -0.3 is 49.7 Å². The highest BCUT2D eigenvalue weighted by Crippen LogP contribution is 2.19. The quantitative estimate of drug-likeness (QED) is 0.126. The van der Waals surface area contributed by atoms with Gasteiger partial charge in [-0.2, -0.15) is 4.98 Å². The fourth-order valence-corrected chi connectivity index (χ4v) is 3.52. The van der Waals surface area contributed by atoms with Crippen molar-refractivity contribution in [2.24, 2.45) is 0 Å². The van der Waals surface area contributed by atoms with Crippen molar-refractivity contribution in [3.05, 3.63) is 60.5 Å². The van der Waals surface area contributed by atoms with Gasteiger partial charge in [0.25, 0.3) is 12.4 Å². The van der Waals surface area contributed by atoms with Gasteiger partial charge in [0.2, 0.25) is 11.7 Å². The Kier molecular flexibility index (Phi) is 14.5. The Balaban J connectivity index is 0.000000401. The number of aromatic nitrogens is 2. The molecule has 3 aromatic rings. The normalized spacial score (nSPS) is 13.7. The van der Waals surface area contributed by atoms with E-state index in [-0.39, 0.29) is 31.6 Å². The molecular formula is C28H38N4O10. The van der Waals surface area contributed by atoms with Gasteiger partial charge in [0, 0.05) is 18.2 Å². The van der Waals surface area contributed by atoms with Crippen LogP contribution in [0.5, 0.6) is 11.5 Å². The molecule has 0 unspecified atom stereocenters. The number of benzene rings is 2. The van der Waals surface area contributed by atoms with Gasteiger partial charge in [-0.25, -0.2) is 0 Å². The molecule has 3 rings (SSSR count). The topological polar surface area (TPSA) is 208 Å². The first-order valence-electron chi connectivity index (χ1n) is 13.1. The average molecular weight is 591 g/mol. The minimum absolute atomic E-state index is 0.0819. The van der Waals surface area contributed by atoms with Crippen LogP contribution < -0.4 is 14.8 Å². The van der Waals surface area contributed by atoms with E-state index in [1.54, 1.807) is 36.2 Å². The average Bonchev–Trinajstić information content (AvgIpc) is 3.48. The first-order chi connectivity index (χ1) is 20.1. The molecule has 6 N–H and O–H groups in total. The van der Waals surface area contributed by atoms with Gasteiger partial charge >= 0.3 is 0 Å². The van der Waals surface area contributed by atoms with Crippen molar-refractivity contribution in [3.63, 3.8) is 0 Å². The molecule has 1 heterocycles. The van der Waals surface area contributed by atoms with Gasteiger partial charge in [0.05, 0.1) is 12.7 Å². The van der Waals surface area contributed by atoms with E-state index in [0.717, 1.165) is 5.56 Å². The van der Waals surface area contributed by atoms with E-state index in [1.165, 1.54) is 0 Å². The number of carbonyl (C=O) groups is 2. The molecule has 1 aromatic heterocycles. The van der Waals surface area contributed by atoms with E-state index in [0.29, 0.717) is 29.7 Å². The zero-order valence-electron chi connectivity index (χ0n) is 23.6. The van der Waals surface area contributed by atoms with Gasteiger partial charge in [-0.05, 0) is 45.2 Å². The van der Waals surface area contributed by atoms with Gasteiger partial charge in [-0.1, -0.05) is 35.5 Å². The summed E-state index contributed by atoms with van der Waals surface area (Å²) >= 11 is 0. The maximum absolute atomic E-state index is 12.6. The second-order valence-corrected chi connectivity index (χ2v) is 9.32. The molecular weight excluding hydrogens is 552 g/mol. The van der Waals surface area contributed by atoms with Crippen LogP contribution in [0.1, 0.15) is 19.7 Å². The van der Waals surface area contributed by atoms with Gasteiger partial charge in [-0.15, -0.1) is 0 Å². The monoisotopic (exact) mass is 590 g/mol. The molecule has 0 saturated heterocycles. The molecule has 42 heavy (non-hydrogen) atoms. The standard InChI is InChI=1S/C21H21N3O5.C7H17NO5/c1-15(2)24(12-19-22-21(23-29-19)16-6-4-3-5-7-16)20(26)13-27-17-8-10-18(11-9-17)28-14-25;1-8-2-4(10)6(12)7(13)5(11)3-9/h3-11,14-15H,12-13H2,1-2H3;4-13H,2-3H2,1H3/t;4-,5+,6+,7+/m.0/s1. The summed E-state index contributed by atoms with van der Waals surface area (Å²) in [6.45, 7) is 3.62. The Bertz CT molecular complexity index is 1190. The largest absolute Gasteiger partial charge is 0.484 e. The molecule has 0 fully saturated rings. The highest BCUT2D eigenvalue weighted by molar-refractivity contribution is 5.78. The number of likely N-dealkylation sites (N-methyl/N-ethyl adjacent to an activating group) is 1. The fourth-order valence-electron chi connectivity index (χ4n) is 3.52. The summed E-state index contributed by atoms with van der Waals surface area (Å²) in [7, 11) is 1.57. The lowest BCUT2D eigenvalue weighted by Crippen LogP contribution is -2.48. The maximum atomic E-state index is 12.6. The number of hydrogen-bond donors (Lipinski definition) is 6. The second kappa shape index (κ2) is 17.8. The van der Waals surface area contributed by atoms with Gasteiger partial charge in [-0.3, -0.25) is 9.59 Å². The lowest BCUT2D eigenvalue weighted by Gasteiger charge is -2.25. The summed E-state index contributed by atoms with van der Waals surface area (Å²) in [5, 5.41) is 51.5. The molecule has 0 aliphatic heterocycles. The molecule has 4 atom stereocenters. The number of aliphatic hydroxyl groups is 5. The Morgan fingerprint density at radius 3 is 2.19 bits per heavy atom. The van der Waals surface area contributed by atoms with Crippen LogP contribution in [0.4, 0.5) is 0 Å². The molecule has 0 aliphatic carbocycles. The lowest BCUT2D eigenvalue weighted by atomic mass is 10.0. The second-order valence-electron chi connectivity index (χ2n) is 9.32. The number of ether oxygens (including phenoxy) is 2. The maximum Gasteiger partial charge on any atom is 0.298 e. The van der Waals surface area contributed by atoms with E-state index in [1.807, 2.05) is 44.2 Å². The number of rotatable bonds is 15. The minimum atomic E-state index is -1.55. The van der Waals surface area contributed by atoms with Crippen molar-refractivity contribution in [1.29, 1.82) is 0 Å². The smallest absolute Gasteiger partial charge is 0.298 e. The van der Waals surface area contributed by atoms with Crippen molar-refractivity contribution in [2.75, 3.05) is 26.8 Å². The van der Waals surface area contributed by atoms with Crippen LogP contribution in [0.3, 0.4) is 0 Å². The molecule has 2 aromatic carbocycles. The number of hydrogen-bond acceptors (Lipinski definition) is 13. The van der Waals surface area contributed by atoms with E-state index < -0.39 is 31.0 Å². The van der Waals surface area contributed by atoms with Crippen LogP contribution in [-0.4, -0.2) is 110 Å². The highest BCUT2D eigenvalue weighted by atomic mass is 16.5. The van der Waals surface area contributed by atoms with E-state index >= 15 is 0 Å². The zero-order valence-corrected chi connectivity index (χ0v) is 23.6. The number of nitrogens with one attached hydrogen (secondary N) is 1. The van der Waals surface area contributed by atoms with Crippen molar-refractivity contribution in [1.82, 2.24) is 20.4 Å². The molecule has 0 bridgehead atoms. The van der Waals surface area contributed by atoms with Crippen molar-refractivity contribution >= 4 is 12.4 Å². The fraction of sp³-hybridized carbons (Fsp3) is 0.429. The van der Waals surface area contributed by atoms with Crippen LogP contribution in [0.25, 0.3) is 11.4 Å². The molecule has 230 valence electrons. The Labute approximate surface area is 243 Å². The predicted molar refractivity (Wildman–Crippen MR) is 149 cm³/mol. The van der Waals surface area contributed by atoms with Crippen molar-refractivity contribution < 1.29 is 49.1 Å². The number of nitrogens with zero attached hydrogens (tertiary/aromatic N) is 3.